The maximum atomic E-state index is 11.6. The number of carboxylic acids is 1. The van der Waals surface area contributed by atoms with Crippen molar-refractivity contribution in [3.8, 4) is 22.3 Å². The number of carboxylic acid groups (broad SMARTS) is 1. The molecule has 0 amide bonds. The Kier molecular flexibility index (Phi) is 3.53. The van der Waals surface area contributed by atoms with Gasteiger partial charge in [0.05, 0.1) is 6.20 Å². The van der Waals surface area contributed by atoms with Gasteiger partial charge in [0.25, 0.3) is 5.56 Å². The number of nitrogens with zero attached hydrogens (tertiary/aromatic N) is 1. The van der Waals surface area contributed by atoms with Gasteiger partial charge in [0.2, 0.25) is 0 Å². The number of aromatic amines is 1. The van der Waals surface area contributed by atoms with Crippen molar-refractivity contribution in [1.29, 1.82) is 0 Å². The Morgan fingerprint density at radius 1 is 0.909 bits per heavy atom. The Bertz CT molecular complexity index is 868. The van der Waals surface area contributed by atoms with E-state index in [-0.39, 0.29) is 5.56 Å². The van der Waals surface area contributed by atoms with Crippen molar-refractivity contribution in [2.75, 3.05) is 0 Å². The predicted octanol–water partition coefficient (Wildman–Crippen LogP) is 2.80. The number of carbonyl (C=O) groups is 1. The molecule has 0 aliphatic rings. The van der Waals surface area contributed by atoms with Crippen molar-refractivity contribution in [2.24, 2.45) is 0 Å². The summed E-state index contributed by atoms with van der Waals surface area (Å²) in [6, 6.07) is 17.2. The van der Waals surface area contributed by atoms with E-state index in [0.717, 1.165) is 11.1 Å². The minimum atomic E-state index is -1.27. The van der Waals surface area contributed by atoms with Crippen molar-refractivity contribution in [3.63, 3.8) is 0 Å². The molecule has 0 atom stereocenters. The van der Waals surface area contributed by atoms with E-state index in [1.807, 2.05) is 42.5 Å². The number of rotatable bonds is 3. The normalized spacial score (nSPS) is 10.4. The summed E-state index contributed by atoms with van der Waals surface area (Å²) in [4.78, 5) is 22.9. The maximum absolute atomic E-state index is 11.6. The molecule has 0 fully saturated rings. The van der Waals surface area contributed by atoms with Crippen LogP contribution in [0, 0.1) is 0 Å². The second kappa shape index (κ2) is 5.65. The van der Waals surface area contributed by atoms with Gasteiger partial charge >= 0.3 is 5.97 Å². The summed E-state index contributed by atoms with van der Waals surface area (Å²) in [6.07, 6.45) is 1.35. The van der Waals surface area contributed by atoms with Gasteiger partial charge in [-0.05, 0) is 16.7 Å². The third-order valence-corrected chi connectivity index (χ3v) is 3.37. The van der Waals surface area contributed by atoms with E-state index in [2.05, 4.69) is 10.2 Å². The Morgan fingerprint density at radius 3 is 2.14 bits per heavy atom. The first-order chi connectivity index (χ1) is 10.7. The highest BCUT2D eigenvalue weighted by Gasteiger charge is 2.16. The van der Waals surface area contributed by atoms with Crippen LogP contribution in [0.2, 0.25) is 0 Å². The van der Waals surface area contributed by atoms with Crippen LogP contribution in [0.3, 0.4) is 0 Å². The van der Waals surface area contributed by atoms with Gasteiger partial charge in [0, 0.05) is 5.56 Å². The molecule has 0 radical (unpaired) electrons. The van der Waals surface area contributed by atoms with Crippen molar-refractivity contribution >= 4 is 5.97 Å². The van der Waals surface area contributed by atoms with Crippen molar-refractivity contribution in [3.05, 3.63) is 76.7 Å². The van der Waals surface area contributed by atoms with E-state index < -0.39 is 11.5 Å². The fourth-order valence-corrected chi connectivity index (χ4v) is 2.30. The SMILES string of the molecule is O=C(O)c1c(-c2ccc(-c3ccccc3)cc2)cn[nH]c1=O. The van der Waals surface area contributed by atoms with Gasteiger partial charge in [-0.25, -0.2) is 9.89 Å². The van der Waals surface area contributed by atoms with Crippen LogP contribution in [-0.4, -0.2) is 21.3 Å². The zero-order chi connectivity index (χ0) is 15.5. The lowest BCUT2D eigenvalue weighted by Crippen LogP contribution is -2.19. The lowest BCUT2D eigenvalue weighted by molar-refractivity contribution is 0.0695. The highest BCUT2D eigenvalue weighted by atomic mass is 16.4. The van der Waals surface area contributed by atoms with Crippen LogP contribution < -0.4 is 5.56 Å². The molecule has 0 unspecified atom stereocenters. The van der Waals surface area contributed by atoms with Crippen LogP contribution in [0.25, 0.3) is 22.3 Å². The van der Waals surface area contributed by atoms with Crippen molar-refractivity contribution < 1.29 is 9.90 Å². The van der Waals surface area contributed by atoms with Crippen LogP contribution in [0.4, 0.5) is 0 Å². The molecule has 0 aliphatic heterocycles. The largest absolute Gasteiger partial charge is 0.477 e. The van der Waals surface area contributed by atoms with Crippen LogP contribution in [-0.2, 0) is 0 Å². The first-order valence-electron chi connectivity index (χ1n) is 6.63. The molecule has 108 valence electrons. The monoisotopic (exact) mass is 292 g/mol. The zero-order valence-electron chi connectivity index (χ0n) is 11.5. The minimum Gasteiger partial charge on any atom is -0.477 e. The molecule has 3 rings (SSSR count). The zero-order valence-corrected chi connectivity index (χ0v) is 11.5. The molecule has 2 N–H and O–H groups in total. The number of nitrogens with one attached hydrogen (secondary N) is 1. The molecule has 0 bridgehead atoms. The Hall–Kier alpha value is -3.21. The summed E-state index contributed by atoms with van der Waals surface area (Å²) < 4.78 is 0. The second-order valence-electron chi connectivity index (χ2n) is 4.74. The molecular weight excluding hydrogens is 280 g/mol. The topological polar surface area (TPSA) is 83.0 Å². The lowest BCUT2D eigenvalue weighted by atomic mass is 9.99. The predicted molar refractivity (Wildman–Crippen MR) is 82.7 cm³/mol. The number of hydrogen-bond acceptors (Lipinski definition) is 3. The van der Waals surface area contributed by atoms with E-state index >= 15 is 0 Å². The van der Waals surface area contributed by atoms with Gasteiger partial charge < -0.3 is 5.11 Å². The highest BCUT2D eigenvalue weighted by Crippen LogP contribution is 2.25. The number of aromatic carboxylic acids is 1. The number of hydrogen-bond donors (Lipinski definition) is 2. The van der Waals surface area contributed by atoms with Gasteiger partial charge in [0.1, 0.15) is 5.56 Å². The van der Waals surface area contributed by atoms with Gasteiger partial charge in [-0.1, -0.05) is 54.6 Å². The van der Waals surface area contributed by atoms with Gasteiger partial charge in [-0.15, -0.1) is 0 Å². The van der Waals surface area contributed by atoms with Crippen LogP contribution in [0.15, 0.2) is 65.6 Å². The molecule has 1 heterocycles. The van der Waals surface area contributed by atoms with Crippen LogP contribution in [0.5, 0.6) is 0 Å². The first kappa shape index (κ1) is 13.8. The Balaban J connectivity index is 2.06. The standard InChI is InChI=1S/C17H12N2O3/c20-16-15(17(21)22)14(10-18-19-16)13-8-6-12(7-9-13)11-4-2-1-3-5-11/h1-10H,(H,19,20)(H,21,22). The quantitative estimate of drug-likeness (QED) is 0.777. The molecule has 3 aromatic rings. The number of benzene rings is 2. The summed E-state index contributed by atoms with van der Waals surface area (Å²) in [5, 5.41) is 15.0. The van der Waals surface area contributed by atoms with Crippen molar-refractivity contribution in [2.45, 2.75) is 0 Å². The third-order valence-electron chi connectivity index (χ3n) is 3.37. The van der Waals surface area contributed by atoms with Gasteiger partial charge in [-0.2, -0.15) is 5.10 Å². The number of aromatic nitrogens is 2. The van der Waals surface area contributed by atoms with E-state index in [4.69, 9.17) is 0 Å². The molecule has 22 heavy (non-hydrogen) atoms. The van der Waals surface area contributed by atoms with Crippen LogP contribution in [0.1, 0.15) is 10.4 Å². The average Bonchev–Trinajstić information content (AvgIpc) is 2.55. The van der Waals surface area contributed by atoms with Gasteiger partial charge in [-0.3, -0.25) is 4.79 Å². The van der Waals surface area contributed by atoms with E-state index in [0.29, 0.717) is 11.1 Å². The first-order valence-corrected chi connectivity index (χ1v) is 6.63. The lowest BCUT2D eigenvalue weighted by Gasteiger charge is -2.06. The molecule has 0 spiro atoms. The fraction of sp³-hybridized carbons (Fsp3) is 0. The molecule has 1 aromatic heterocycles. The molecule has 0 aliphatic carbocycles. The van der Waals surface area contributed by atoms with E-state index in [9.17, 15) is 14.7 Å². The third kappa shape index (κ3) is 2.52. The smallest absolute Gasteiger partial charge is 0.342 e. The molecule has 0 saturated heterocycles. The second-order valence-corrected chi connectivity index (χ2v) is 4.74. The molecule has 2 aromatic carbocycles. The fourth-order valence-electron chi connectivity index (χ4n) is 2.30. The number of H-pyrrole nitrogens is 1. The molecule has 5 nitrogen and oxygen atoms in total. The molecule has 5 heteroatoms. The maximum Gasteiger partial charge on any atom is 0.342 e. The average molecular weight is 292 g/mol. The molecular formula is C17H12N2O3. The van der Waals surface area contributed by atoms with E-state index in [1.165, 1.54) is 6.20 Å². The van der Waals surface area contributed by atoms with Crippen molar-refractivity contribution in [1.82, 2.24) is 10.2 Å². The van der Waals surface area contributed by atoms with E-state index in [1.54, 1.807) is 12.1 Å². The van der Waals surface area contributed by atoms with Gasteiger partial charge in [0.15, 0.2) is 0 Å². The highest BCUT2D eigenvalue weighted by molar-refractivity contribution is 5.95. The Morgan fingerprint density at radius 2 is 1.50 bits per heavy atom. The van der Waals surface area contributed by atoms with Crippen LogP contribution >= 0.6 is 0 Å². The summed E-state index contributed by atoms with van der Waals surface area (Å²) in [5.74, 6) is -1.27. The summed E-state index contributed by atoms with van der Waals surface area (Å²) in [7, 11) is 0. The summed E-state index contributed by atoms with van der Waals surface area (Å²) in [6.45, 7) is 0. The summed E-state index contributed by atoms with van der Waals surface area (Å²) >= 11 is 0. The molecule has 0 saturated carbocycles. The Labute approximate surface area is 125 Å². The summed E-state index contributed by atoms with van der Waals surface area (Å²) in [5.41, 5.74) is 2.00. The minimum absolute atomic E-state index is 0.302.